The van der Waals surface area contributed by atoms with Gasteiger partial charge < -0.3 is 4.74 Å². The van der Waals surface area contributed by atoms with E-state index < -0.39 is 0 Å². The number of rotatable bonds is 7. The molecule has 0 spiro atoms. The maximum absolute atomic E-state index is 12.1. The number of ether oxygens (including phenoxy) is 1. The van der Waals surface area contributed by atoms with Crippen molar-refractivity contribution < 1.29 is 14.3 Å². The van der Waals surface area contributed by atoms with E-state index in [0.29, 0.717) is 17.5 Å². The average Bonchev–Trinajstić information content (AvgIpc) is 2.55. The highest BCUT2D eigenvalue weighted by molar-refractivity contribution is 5.98. The maximum atomic E-state index is 12.1. The summed E-state index contributed by atoms with van der Waals surface area (Å²) in [6, 6.07) is 14.8. The number of Topliss-reactive ketones (excluding diaryl/α,β-unsaturated/α-hetero) is 2. The van der Waals surface area contributed by atoms with Crippen molar-refractivity contribution in [1.29, 1.82) is 0 Å². The normalized spacial score (nSPS) is 10.3. The van der Waals surface area contributed by atoms with Crippen LogP contribution in [0.25, 0.3) is 0 Å². The SMILES string of the molecule is COc1ccc(CCCC(=O)c2ccc(C(C)=O)cc2)cc1. The summed E-state index contributed by atoms with van der Waals surface area (Å²) in [6.45, 7) is 1.52. The molecule has 3 heteroatoms. The molecule has 0 aliphatic heterocycles. The van der Waals surface area contributed by atoms with Crippen LogP contribution in [0.5, 0.6) is 5.75 Å². The van der Waals surface area contributed by atoms with E-state index in [9.17, 15) is 9.59 Å². The van der Waals surface area contributed by atoms with Crippen LogP contribution in [0.2, 0.25) is 0 Å². The Bertz CT molecular complexity index is 639. The minimum absolute atomic E-state index is 0.0125. The van der Waals surface area contributed by atoms with Gasteiger partial charge in [0.05, 0.1) is 7.11 Å². The average molecular weight is 296 g/mol. The van der Waals surface area contributed by atoms with Crippen LogP contribution >= 0.6 is 0 Å². The molecule has 0 N–H and O–H groups in total. The highest BCUT2D eigenvalue weighted by Gasteiger charge is 2.07. The largest absolute Gasteiger partial charge is 0.497 e. The van der Waals surface area contributed by atoms with Crippen molar-refractivity contribution in [3.63, 3.8) is 0 Å². The number of hydrogen-bond donors (Lipinski definition) is 0. The monoisotopic (exact) mass is 296 g/mol. The summed E-state index contributed by atoms with van der Waals surface area (Å²) in [6.07, 6.45) is 2.17. The molecular formula is C19H20O3. The molecule has 2 aromatic rings. The van der Waals surface area contributed by atoms with Crippen molar-refractivity contribution in [2.75, 3.05) is 7.11 Å². The first-order valence-electron chi connectivity index (χ1n) is 7.37. The molecule has 0 aliphatic rings. The topological polar surface area (TPSA) is 43.4 Å². The van der Waals surface area contributed by atoms with Crippen molar-refractivity contribution >= 4 is 11.6 Å². The lowest BCUT2D eigenvalue weighted by molar-refractivity contribution is 0.0976. The van der Waals surface area contributed by atoms with Gasteiger partial charge in [-0.15, -0.1) is 0 Å². The van der Waals surface area contributed by atoms with Gasteiger partial charge in [0.25, 0.3) is 0 Å². The van der Waals surface area contributed by atoms with Gasteiger partial charge in [-0.3, -0.25) is 9.59 Å². The minimum atomic E-state index is 0.0125. The molecule has 0 aliphatic carbocycles. The van der Waals surface area contributed by atoms with Crippen LogP contribution in [0.1, 0.15) is 46.0 Å². The fraction of sp³-hybridized carbons (Fsp3) is 0.263. The Morgan fingerprint density at radius 3 is 2.05 bits per heavy atom. The Morgan fingerprint density at radius 1 is 0.909 bits per heavy atom. The van der Waals surface area contributed by atoms with Gasteiger partial charge in [0.1, 0.15) is 5.75 Å². The van der Waals surface area contributed by atoms with Crippen LogP contribution in [0, 0.1) is 0 Å². The molecule has 2 rings (SSSR count). The Morgan fingerprint density at radius 2 is 1.50 bits per heavy atom. The van der Waals surface area contributed by atoms with Gasteiger partial charge in [-0.05, 0) is 37.5 Å². The van der Waals surface area contributed by atoms with Crippen LogP contribution in [0.3, 0.4) is 0 Å². The van der Waals surface area contributed by atoms with Gasteiger partial charge in [-0.25, -0.2) is 0 Å². The first kappa shape index (κ1) is 16.0. The van der Waals surface area contributed by atoms with Gasteiger partial charge in [-0.1, -0.05) is 36.4 Å². The zero-order chi connectivity index (χ0) is 15.9. The summed E-state index contributed by atoms with van der Waals surface area (Å²) in [5.74, 6) is 0.965. The standard InChI is InChI=1S/C19H20O3/c1-14(20)16-8-10-17(11-9-16)19(21)5-3-4-15-6-12-18(22-2)13-7-15/h6-13H,3-5H2,1-2H3. The van der Waals surface area contributed by atoms with Crippen molar-refractivity contribution in [3.05, 3.63) is 65.2 Å². The van der Waals surface area contributed by atoms with Gasteiger partial charge in [-0.2, -0.15) is 0 Å². The van der Waals surface area contributed by atoms with Crippen LogP contribution < -0.4 is 4.74 Å². The lowest BCUT2D eigenvalue weighted by Crippen LogP contribution is -2.01. The summed E-state index contributed by atoms with van der Waals surface area (Å²) < 4.78 is 5.12. The second kappa shape index (κ2) is 7.55. The van der Waals surface area contributed by atoms with E-state index in [1.54, 1.807) is 31.4 Å². The van der Waals surface area contributed by atoms with E-state index in [1.807, 2.05) is 24.3 Å². The lowest BCUT2D eigenvalue weighted by atomic mass is 10.0. The number of carbonyl (C=O) groups excluding carboxylic acids is 2. The molecular weight excluding hydrogens is 276 g/mol. The molecule has 0 atom stereocenters. The first-order valence-corrected chi connectivity index (χ1v) is 7.37. The summed E-state index contributed by atoms with van der Waals surface area (Å²) in [4.78, 5) is 23.3. The molecule has 0 unspecified atom stereocenters. The smallest absolute Gasteiger partial charge is 0.162 e. The van der Waals surface area contributed by atoms with Crippen LogP contribution in [0.15, 0.2) is 48.5 Å². The highest BCUT2D eigenvalue weighted by atomic mass is 16.5. The first-order chi connectivity index (χ1) is 10.6. The molecule has 0 fully saturated rings. The number of aryl methyl sites for hydroxylation is 1. The molecule has 0 bridgehead atoms. The van der Waals surface area contributed by atoms with E-state index >= 15 is 0 Å². The van der Waals surface area contributed by atoms with Crippen molar-refractivity contribution in [2.24, 2.45) is 0 Å². The van der Waals surface area contributed by atoms with E-state index in [2.05, 4.69) is 0 Å². The Balaban J connectivity index is 1.85. The van der Waals surface area contributed by atoms with Crippen LogP contribution in [0.4, 0.5) is 0 Å². The molecule has 0 heterocycles. The molecule has 3 nitrogen and oxygen atoms in total. The third-order valence-corrected chi connectivity index (χ3v) is 3.64. The molecule has 0 saturated heterocycles. The predicted octanol–water partition coefficient (Wildman–Crippen LogP) is 4.10. The molecule has 114 valence electrons. The fourth-order valence-electron chi connectivity index (χ4n) is 2.28. The van der Waals surface area contributed by atoms with E-state index in [0.717, 1.165) is 18.6 Å². The van der Waals surface area contributed by atoms with Crippen LogP contribution in [-0.4, -0.2) is 18.7 Å². The van der Waals surface area contributed by atoms with E-state index in [1.165, 1.54) is 12.5 Å². The summed E-state index contributed by atoms with van der Waals surface area (Å²) in [7, 11) is 1.64. The van der Waals surface area contributed by atoms with Gasteiger partial charge >= 0.3 is 0 Å². The number of hydrogen-bond acceptors (Lipinski definition) is 3. The zero-order valence-corrected chi connectivity index (χ0v) is 13.0. The molecule has 0 amide bonds. The quantitative estimate of drug-likeness (QED) is 0.722. The molecule has 22 heavy (non-hydrogen) atoms. The molecule has 0 aromatic heterocycles. The van der Waals surface area contributed by atoms with E-state index in [4.69, 9.17) is 4.74 Å². The van der Waals surface area contributed by atoms with E-state index in [-0.39, 0.29) is 11.6 Å². The van der Waals surface area contributed by atoms with Crippen molar-refractivity contribution in [2.45, 2.75) is 26.2 Å². The number of benzene rings is 2. The lowest BCUT2D eigenvalue weighted by Gasteiger charge is -2.04. The molecule has 2 aromatic carbocycles. The Labute approximate surface area is 130 Å². The third-order valence-electron chi connectivity index (χ3n) is 3.64. The second-order valence-corrected chi connectivity index (χ2v) is 5.26. The van der Waals surface area contributed by atoms with Crippen molar-refractivity contribution in [3.8, 4) is 5.75 Å². The number of ketones is 2. The number of carbonyl (C=O) groups is 2. The number of methoxy groups -OCH3 is 1. The van der Waals surface area contributed by atoms with Crippen molar-refractivity contribution in [1.82, 2.24) is 0 Å². The van der Waals surface area contributed by atoms with Gasteiger partial charge in [0.15, 0.2) is 11.6 Å². The zero-order valence-electron chi connectivity index (χ0n) is 13.0. The Kier molecular flexibility index (Phi) is 5.48. The predicted molar refractivity (Wildman–Crippen MR) is 86.7 cm³/mol. The summed E-state index contributed by atoms with van der Waals surface area (Å²) in [5, 5.41) is 0. The molecule has 0 radical (unpaired) electrons. The summed E-state index contributed by atoms with van der Waals surface area (Å²) >= 11 is 0. The van der Waals surface area contributed by atoms with Gasteiger partial charge in [0, 0.05) is 17.5 Å². The van der Waals surface area contributed by atoms with Crippen LogP contribution in [-0.2, 0) is 6.42 Å². The highest BCUT2D eigenvalue weighted by Crippen LogP contribution is 2.14. The maximum Gasteiger partial charge on any atom is 0.162 e. The third kappa shape index (κ3) is 4.29. The molecule has 0 saturated carbocycles. The Hall–Kier alpha value is -2.42. The minimum Gasteiger partial charge on any atom is -0.497 e. The fourth-order valence-corrected chi connectivity index (χ4v) is 2.28. The second-order valence-electron chi connectivity index (χ2n) is 5.26. The van der Waals surface area contributed by atoms with Gasteiger partial charge in [0.2, 0.25) is 0 Å². The summed E-state index contributed by atoms with van der Waals surface area (Å²) in [5.41, 5.74) is 2.50.